The van der Waals surface area contributed by atoms with Crippen molar-refractivity contribution in [3.63, 3.8) is 0 Å². The summed E-state index contributed by atoms with van der Waals surface area (Å²) in [4.78, 5) is 30.5. The summed E-state index contributed by atoms with van der Waals surface area (Å²) in [6.07, 6.45) is -0.840. The minimum absolute atomic E-state index is 0.235. The molecule has 1 fully saturated rings. The summed E-state index contributed by atoms with van der Waals surface area (Å²) >= 11 is 0. The topological polar surface area (TPSA) is 65.5 Å². The number of hydrogen-bond donors (Lipinski definition) is 1. The minimum atomic E-state index is -4.43. The van der Waals surface area contributed by atoms with Gasteiger partial charge in [-0.3, -0.25) is 14.6 Å². The number of carbonyl (C=O) groups excluding carboxylic acids is 2. The van der Waals surface area contributed by atoms with E-state index in [9.17, 15) is 22.8 Å². The maximum absolute atomic E-state index is 12.8. The Balaban J connectivity index is 1.72. The summed E-state index contributed by atoms with van der Waals surface area (Å²) in [7, 11) is 0. The van der Waals surface area contributed by atoms with Crippen LogP contribution in [0.2, 0.25) is 0 Å². The molecule has 9 heteroatoms. The number of anilines is 2. The lowest BCUT2D eigenvalue weighted by atomic mass is 10.1. The Hall–Kier alpha value is -3.10. The molecule has 3 rings (SSSR count). The van der Waals surface area contributed by atoms with E-state index in [1.165, 1.54) is 24.5 Å². The van der Waals surface area contributed by atoms with Gasteiger partial charge < -0.3 is 15.1 Å². The van der Waals surface area contributed by atoms with Gasteiger partial charge in [-0.2, -0.15) is 13.2 Å². The highest BCUT2D eigenvalue weighted by atomic mass is 19.4. The van der Waals surface area contributed by atoms with Crippen LogP contribution in [0.4, 0.5) is 24.5 Å². The van der Waals surface area contributed by atoms with Gasteiger partial charge in [0.25, 0.3) is 5.91 Å². The van der Waals surface area contributed by atoms with E-state index < -0.39 is 11.7 Å². The van der Waals surface area contributed by atoms with Gasteiger partial charge in [0.2, 0.25) is 6.41 Å². The average molecular weight is 378 g/mol. The Morgan fingerprint density at radius 3 is 2.48 bits per heavy atom. The third kappa shape index (κ3) is 4.55. The monoisotopic (exact) mass is 378 g/mol. The molecule has 2 heterocycles. The lowest BCUT2D eigenvalue weighted by Crippen LogP contribution is -2.48. The number of benzene rings is 1. The second-order valence-corrected chi connectivity index (χ2v) is 6.10. The molecule has 1 aliphatic heterocycles. The molecule has 6 nitrogen and oxygen atoms in total. The molecule has 2 amide bonds. The first kappa shape index (κ1) is 18.7. The lowest BCUT2D eigenvalue weighted by Gasteiger charge is -2.32. The molecular formula is C18H17F3N4O2. The van der Waals surface area contributed by atoms with Gasteiger partial charge in [-0.1, -0.05) is 6.07 Å². The third-order valence-electron chi connectivity index (χ3n) is 4.21. The Morgan fingerprint density at radius 2 is 1.81 bits per heavy atom. The van der Waals surface area contributed by atoms with Crippen LogP contribution in [0.3, 0.4) is 0 Å². The SMILES string of the molecule is O=CN1CCN(C(=O)c2cncc(Nc3cccc(C(F)(F)F)c3)c2)CC1. The number of halogens is 3. The summed E-state index contributed by atoms with van der Waals surface area (Å²) < 4.78 is 38.5. The van der Waals surface area contributed by atoms with E-state index >= 15 is 0 Å². The highest BCUT2D eigenvalue weighted by Gasteiger charge is 2.30. The second-order valence-electron chi connectivity index (χ2n) is 6.10. The fraction of sp³-hybridized carbons (Fsp3) is 0.278. The van der Waals surface area contributed by atoms with Gasteiger partial charge >= 0.3 is 6.18 Å². The zero-order chi connectivity index (χ0) is 19.4. The maximum atomic E-state index is 12.8. The Bertz CT molecular complexity index is 833. The smallest absolute Gasteiger partial charge is 0.354 e. The molecule has 1 saturated heterocycles. The molecule has 27 heavy (non-hydrogen) atoms. The average Bonchev–Trinajstić information content (AvgIpc) is 2.67. The van der Waals surface area contributed by atoms with Crippen molar-refractivity contribution in [2.75, 3.05) is 31.5 Å². The predicted molar refractivity (Wildman–Crippen MR) is 92.5 cm³/mol. The first-order valence-electron chi connectivity index (χ1n) is 8.25. The zero-order valence-corrected chi connectivity index (χ0v) is 14.2. The van der Waals surface area contributed by atoms with Gasteiger partial charge in [-0.05, 0) is 24.3 Å². The highest BCUT2D eigenvalue weighted by molar-refractivity contribution is 5.95. The minimum Gasteiger partial charge on any atom is -0.354 e. The normalized spacial score (nSPS) is 14.8. The third-order valence-corrected chi connectivity index (χ3v) is 4.21. The molecule has 1 aromatic heterocycles. The van der Waals surface area contributed by atoms with Crippen molar-refractivity contribution in [3.05, 3.63) is 53.9 Å². The first-order chi connectivity index (χ1) is 12.9. The van der Waals surface area contributed by atoms with Crippen LogP contribution in [-0.4, -0.2) is 53.3 Å². The summed E-state index contributed by atoms with van der Waals surface area (Å²) in [6.45, 7) is 1.77. The predicted octanol–water partition coefficient (Wildman–Crippen LogP) is 2.76. The van der Waals surface area contributed by atoms with Crippen molar-refractivity contribution in [2.24, 2.45) is 0 Å². The number of aromatic nitrogens is 1. The number of piperazine rings is 1. The van der Waals surface area contributed by atoms with Crippen molar-refractivity contribution >= 4 is 23.7 Å². The number of pyridine rings is 1. The molecule has 0 spiro atoms. The molecule has 2 aromatic rings. The van der Waals surface area contributed by atoms with Crippen molar-refractivity contribution < 1.29 is 22.8 Å². The number of rotatable bonds is 4. The van der Waals surface area contributed by atoms with E-state index in [1.54, 1.807) is 15.9 Å². The Morgan fingerprint density at radius 1 is 1.07 bits per heavy atom. The number of alkyl halides is 3. The summed E-state index contributed by atoms with van der Waals surface area (Å²) in [5, 5.41) is 2.84. The van der Waals surface area contributed by atoms with Crippen LogP contribution in [-0.2, 0) is 11.0 Å². The summed E-state index contributed by atoms with van der Waals surface area (Å²) in [5.41, 5.74) is 0.217. The number of nitrogens with zero attached hydrogens (tertiary/aromatic N) is 3. The number of hydrogen-bond acceptors (Lipinski definition) is 4. The van der Waals surface area contributed by atoms with E-state index in [0.717, 1.165) is 18.5 Å². The second kappa shape index (κ2) is 7.65. The van der Waals surface area contributed by atoms with Gasteiger partial charge in [0.05, 0.1) is 23.0 Å². The standard InChI is InChI=1S/C18H17F3N4O2/c19-18(20,21)14-2-1-3-15(9-14)23-16-8-13(10-22-11-16)17(27)25-6-4-24(12-26)5-7-25/h1-3,8-12,23H,4-7H2. The van der Waals surface area contributed by atoms with Crippen molar-refractivity contribution in [3.8, 4) is 0 Å². The lowest BCUT2D eigenvalue weighted by molar-refractivity contribution is -0.137. The molecule has 1 aromatic carbocycles. The van der Waals surface area contributed by atoms with Crippen LogP contribution in [0.5, 0.6) is 0 Å². The molecule has 0 aliphatic carbocycles. The molecule has 142 valence electrons. The fourth-order valence-corrected chi connectivity index (χ4v) is 2.78. The Kier molecular flexibility index (Phi) is 5.29. The van der Waals surface area contributed by atoms with Gasteiger partial charge in [0.15, 0.2) is 0 Å². The van der Waals surface area contributed by atoms with E-state index in [-0.39, 0.29) is 11.6 Å². The number of nitrogens with one attached hydrogen (secondary N) is 1. The van der Waals surface area contributed by atoms with Crippen LogP contribution in [0.1, 0.15) is 15.9 Å². The van der Waals surface area contributed by atoms with Crippen molar-refractivity contribution in [2.45, 2.75) is 6.18 Å². The molecule has 1 N–H and O–H groups in total. The first-order valence-corrected chi connectivity index (χ1v) is 8.25. The van der Waals surface area contributed by atoms with Gasteiger partial charge in [-0.15, -0.1) is 0 Å². The van der Waals surface area contributed by atoms with Crippen LogP contribution in [0.15, 0.2) is 42.7 Å². The van der Waals surface area contributed by atoms with Gasteiger partial charge in [0, 0.05) is 38.1 Å². The number of carbonyl (C=O) groups is 2. The molecule has 0 saturated carbocycles. The van der Waals surface area contributed by atoms with Crippen LogP contribution < -0.4 is 5.32 Å². The zero-order valence-electron chi connectivity index (χ0n) is 14.2. The highest BCUT2D eigenvalue weighted by Crippen LogP contribution is 2.31. The number of amides is 2. The van der Waals surface area contributed by atoms with Crippen molar-refractivity contribution in [1.29, 1.82) is 0 Å². The molecular weight excluding hydrogens is 361 g/mol. The van der Waals surface area contributed by atoms with Gasteiger partial charge in [-0.25, -0.2) is 0 Å². The van der Waals surface area contributed by atoms with Crippen molar-refractivity contribution in [1.82, 2.24) is 14.8 Å². The molecule has 0 bridgehead atoms. The van der Waals surface area contributed by atoms with Crippen LogP contribution in [0.25, 0.3) is 0 Å². The maximum Gasteiger partial charge on any atom is 0.416 e. The van der Waals surface area contributed by atoms with E-state index in [0.29, 0.717) is 37.4 Å². The summed E-state index contributed by atoms with van der Waals surface area (Å²) in [6, 6.07) is 6.33. The van der Waals surface area contributed by atoms with E-state index in [4.69, 9.17) is 0 Å². The fourth-order valence-electron chi connectivity index (χ4n) is 2.78. The van der Waals surface area contributed by atoms with Gasteiger partial charge in [0.1, 0.15) is 0 Å². The Labute approximate surface area is 153 Å². The van der Waals surface area contributed by atoms with E-state index in [2.05, 4.69) is 10.3 Å². The molecule has 0 unspecified atom stereocenters. The largest absolute Gasteiger partial charge is 0.416 e. The molecule has 0 radical (unpaired) electrons. The quantitative estimate of drug-likeness (QED) is 0.831. The molecule has 1 aliphatic rings. The van der Waals surface area contributed by atoms with Crippen LogP contribution in [0, 0.1) is 0 Å². The summed E-state index contributed by atoms with van der Waals surface area (Å²) in [5.74, 6) is -0.235. The van der Waals surface area contributed by atoms with Crippen LogP contribution >= 0.6 is 0 Å². The molecule has 0 atom stereocenters. The van der Waals surface area contributed by atoms with E-state index in [1.807, 2.05) is 0 Å².